The number of rotatable bonds is 2. The lowest BCUT2D eigenvalue weighted by molar-refractivity contribution is 1.18. The minimum Gasteiger partial charge on any atom is -0.126 e. The summed E-state index contributed by atoms with van der Waals surface area (Å²) >= 11 is 17.3. The lowest BCUT2D eigenvalue weighted by Gasteiger charge is -2.12. The zero-order chi connectivity index (χ0) is 12.6. The fourth-order valence-corrected chi connectivity index (χ4v) is 5.13. The molecular formula is C12H8Br2ClIS. The molecule has 1 aromatic heterocycles. The minimum absolute atomic E-state index is 0.197. The van der Waals surface area contributed by atoms with E-state index in [4.69, 9.17) is 11.6 Å². The molecule has 5 heteroatoms. The van der Waals surface area contributed by atoms with Crippen LogP contribution in [0, 0.1) is 10.5 Å². The summed E-state index contributed by atoms with van der Waals surface area (Å²) in [5.74, 6) is 0. The highest BCUT2D eigenvalue weighted by molar-refractivity contribution is 14.1. The molecule has 1 unspecified atom stereocenters. The Kier molecular flexibility index (Phi) is 4.97. The van der Waals surface area contributed by atoms with Gasteiger partial charge in [-0.2, -0.15) is 0 Å². The molecule has 0 radical (unpaired) electrons. The van der Waals surface area contributed by atoms with Gasteiger partial charge in [-0.3, -0.25) is 0 Å². The highest BCUT2D eigenvalue weighted by Gasteiger charge is 2.17. The monoisotopic (exact) mass is 504 g/mol. The van der Waals surface area contributed by atoms with Crippen molar-refractivity contribution in [3.05, 3.63) is 52.6 Å². The summed E-state index contributed by atoms with van der Waals surface area (Å²) < 4.78 is 3.06. The maximum atomic E-state index is 6.08. The summed E-state index contributed by atoms with van der Waals surface area (Å²) in [5, 5.41) is 0. The fraction of sp³-hybridized carbons (Fsp3) is 0.167. The summed E-state index contributed by atoms with van der Waals surface area (Å²) in [6.07, 6.45) is 0. The second-order valence-electron chi connectivity index (χ2n) is 3.61. The number of hydrogen-bond donors (Lipinski definition) is 0. The first kappa shape index (κ1) is 14.3. The summed E-state index contributed by atoms with van der Waals surface area (Å²) in [6.45, 7) is 2.13. The third-order valence-electron chi connectivity index (χ3n) is 2.41. The Morgan fingerprint density at radius 2 is 2.12 bits per heavy atom. The Bertz CT molecular complexity index is 534. The number of benzene rings is 1. The minimum atomic E-state index is 0.197. The summed E-state index contributed by atoms with van der Waals surface area (Å²) in [7, 11) is 0. The van der Waals surface area contributed by atoms with Crippen molar-refractivity contribution in [2.75, 3.05) is 0 Å². The average Bonchev–Trinajstić information content (AvgIpc) is 2.62. The van der Waals surface area contributed by atoms with Gasteiger partial charge in [0.2, 0.25) is 0 Å². The van der Waals surface area contributed by atoms with E-state index in [1.165, 1.54) is 19.6 Å². The first-order chi connectivity index (χ1) is 8.00. The van der Waals surface area contributed by atoms with Crippen LogP contribution >= 0.6 is 77.4 Å². The molecule has 1 heterocycles. The quantitative estimate of drug-likeness (QED) is 0.320. The highest BCUT2D eigenvalue weighted by atomic mass is 127. The van der Waals surface area contributed by atoms with E-state index in [-0.39, 0.29) is 4.83 Å². The van der Waals surface area contributed by atoms with Crippen molar-refractivity contribution in [1.29, 1.82) is 0 Å². The molecule has 0 nitrogen and oxygen atoms in total. The Morgan fingerprint density at radius 1 is 1.41 bits per heavy atom. The molecule has 1 aromatic carbocycles. The molecule has 0 aliphatic carbocycles. The normalized spacial score (nSPS) is 12.8. The van der Waals surface area contributed by atoms with E-state index in [1.54, 1.807) is 11.3 Å². The van der Waals surface area contributed by atoms with Gasteiger partial charge < -0.3 is 0 Å². The van der Waals surface area contributed by atoms with Crippen molar-refractivity contribution in [2.45, 2.75) is 11.8 Å². The van der Waals surface area contributed by atoms with Gasteiger partial charge in [0.05, 0.1) is 4.83 Å². The van der Waals surface area contributed by atoms with Crippen molar-refractivity contribution in [2.24, 2.45) is 0 Å². The van der Waals surface area contributed by atoms with Crippen LogP contribution in [0.2, 0.25) is 4.34 Å². The van der Waals surface area contributed by atoms with E-state index >= 15 is 0 Å². The molecule has 0 aliphatic heterocycles. The highest BCUT2D eigenvalue weighted by Crippen LogP contribution is 2.42. The van der Waals surface area contributed by atoms with Crippen LogP contribution in [-0.2, 0) is 0 Å². The van der Waals surface area contributed by atoms with Gasteiger partial charge in [0.25, 0.3) is 0 Å². The lowest BCUT2D eigenvalue weighted by atomic mass is 10.1. The molecule has 0 saturated heterocycles. The first-order valence-electron chi connectivity index (χ1n) is 4.84. The molecule has 2 rings (SSSR count). The first-order valence-corrected chi connectivity index (χ1v) is 8.82. The van der Waals surface area contributed by atoms with Crippen LogP contribution in [0.5, 0.6) is 0 Å². The van der Waals surface area contributed by atoms with Gasteiger partial charge >= 0.3 is 0 Å². The molecule has 0 bridgehead atoms. The fourth-order valence-electron chi connectivity index (χ4n) is 1.51. The van der Waals surface area contributed by atoms with Gasteiger partial charge in [0, 0.05) is 12.9 Å². The topological polar surface area (TPSA) is 0 Å². The van der Waals surface area contributed by atoms with E-state index in [1.807, 2.05) is 0 Å². The third kappa shape index (κ3) is 3.08. The van der Waals surface area contributed by atoms with Crippen LogP contribution < -0.4 is 0 Å². The van der Waals surface area contributed by atoms with E-state index in [0.29, 0.717) is 0 Å². The number of aryl methyl sites for hydroxylation is 1. The second-order valence-corrected chi connectivity index (χ2v) is 8.15. The van der Waals surface area contributed by atoms with Crippen LogP contribution in [0.25, 0.3) is 0 Å². The van der Waals surface area contributed by atoms with Crippen LogP contribution in [0.15, 0.2) is 28.7 Å². The predicted octanol–water partition coefficient (Wildman–Crippen LogP) is 6.56. The SMILES string of the molecule is Cc1cccc(C(Br)c2cc(Br)c(Cl)s2)c1I. The van der Waals surface area contributed by atoms with Gasteiger partial charge in [0.1, 0.15) is 4.34 Å². The molecule has 1 atom stereocenters. The third-order valence-corrected chi connectivity index (χ3v) is 7.71. The lowest BCUT2D eigenvalue weighted by Crippen LogP contribution is -1.95. The Labute approximate surface area is 140 Å². The maximum Gasteiger partial charge on any atom is 0.107 e. The van der Waals surface area contributed by atoms with Gasteiger partial charge in [0.15, 0.2) is 0 Å². The van der Waals surface area contributed by atoms with Crippen LogP contribution in [0.4, 0.5) is 0 Å². The molecule has 0 fully saturated rings. The second kappa shape index (κ2) is 5.90. The van der Waals surface area contributed by atoms with Crippen LogP contribution in [-0.4, -0.2) is 0 Å². The average molecular weight is 506 g/mol. The van der Waals surface area contributed by atoms with E-state index in [0.717, 1.165) is 8.81 Å². The van der Waals surface area contributed by atoms with Gasteiger partial charge in [-0.05, 0) is 62.6 Å². The van der Waals surface area contributed by atoms with E-state index < -0.39 is 0 Å². The largest absolute Gasteiger partial charge is 0.126 e. The molecular weight excluding hydrogens is 498 g/mol. The number of hydrogen-bond acceptors (Lipinski definition) is 1. The van der Waals surface area contributed by atoms with E-state index in [2.05, 4.69) is 85.6 Å². The Morgan fingerprint density at radius 3 is 2.71 bits per heavy atom. The molecule has 0 aliphatic rings. The van der Waals surface area contributed by atoms with E-state index in [9.17, 15) is 0 Å². The van der Waals surface area contributed by atoms with Crippen molar-refractivity contribution >= 4 is 77.4 Å². The van der Waals surface area contributed by atoms with Gasteiger partial charge in [-0.25, -0.2) is 0 Å². The van der Waals surface area contributed by atoms with Gasteiger partial charge in [-0.1, -0.05) is 45.7 Å². The van der Waals surface area contributed by atoms with Crippen molar-refractivity contribution in [1.82, 2.24) is 0 Å². The molecule has 0 amide bonds. The van der Waals surface area contributed by atoms with Crippen molar-refractivity contribution in [3.8, 4) is 0 Å². The molecule has 0 spiro atoms. The zero-order valence-corrected chi connectivity index (χ0v) is 15.7. The summed E-state index contributed by atoms with van der Waals surface area (Å²) in [4.78, 5) is 1.41. The summed E-state index contributed by atoms with van der Waals surface area (Å²) in [5.41, 5.74) is 2.59. The van der Waals surface area contributed by atoms with Crippen LogP contribution in [0.3, 0.4) is 0 Å². The standard InChI is InChI=1S/C12H8Br2ClIS/c1-6-3-2-4-7(11(6)16)10(14)9-5-8(13)12(15)17-9/h2-5,10H,1H3. The molecule has 0 saturated carbocycles. The van der Waals surface area contributed by atoms with Crippen molar-refractivity contribution in [3.63, 3.8) is 0 Å². The number of halogens is 4. The molecule has 2 aromatic rings. The number of thiophene rings is 1. The van der Waals surface area contributed by atoms with Crippen LogP contribution in [0.1, 0.15) is 20.8 Å². The zero-order valence-electron chi connectivity index (χ0n) is 8.81. The van der Waals surface area contributed by atoms with Gasteiger partial charge in [-0.15, -0.1) is 11.3 Å². The molecule has 90 valence electrons. The maximum absolute atomic E-state index is 6.08. The smallest absolute Gasteiger partial charge is 0.107 e. The summed E-state index contributed by atoms with van der Waals surface area (Å²) in [6, 6.07) is 8.44. The number of alkyl halides is 1. The van der Waals surface area contributed by atoms with Crippen molar-refractivity contribution < 1.29 is 0 Å². The Hall–Kier alpha value is 0.900. The predicted molar refractivity (Wildman–Crippen MR) is 91.7 cm³/mol. The Balaban J connectivity index is 2.43. The molecule has 0 N–H and O–H groups in total. The molecule has 17 heavy (non-hydrogen) atoms.